The maximum atomic E-state index is 13.1. The van der Waals surface area contributed by atoms with E-state index in [1.165, 1.54) is 5.56 Å². The predicted molar refractivity (Wildman–Crippen MR) is 133 cm³/mol. The first-order chi connectivity index (χ1) is 15.9. The van der Waals surface area contributed by atoms with Crippen LogP contribution in [-0.4, -0.2) is 47.2 Å². The largest absolute Gasteiger partial charge is 0.497 e. The van der Waals surface area contributed by atoms with E-state index >= 15 is 0 Å². The summed E-state index contributed by atoms with van der Waals surface area (Å²) in [5, 5.41) is 8.17. The zero-order valence-electron chi connectivity index (χ0n) is 20.0. The molecule has 33 heavy (non-hydrogen) atoms. The van der Waals surface area contributed by atoms with Gasteiger partial charge in [-0.3, -0.25) is 15.1 Å². The lowest BCUT2D eigenvalue weighted by molar-refractivity contribution is -0.131. The van der Waals surface area contributed by atoms with Crippen LogP contribution in [0.5, 0.6) is 5.75 Å². The molecule has 0 spiro atoms. The Morgan fingerprint density at radius 2 is 1.97 bits per heavy atom. The summed E-state index contributed by atoms with van der Waals surface area (Å²) in [6, 6.07) is 18.2. The van der Waals surface area contributed by atoms with Crippen LogP contribution < -0.4 is 15.4 Å². The second-order valence-electron chi connectivity index (χ2n) is 9.37. The number of hydrogen-bond donors (Lipinski definition) is 2. The normalized spacial score (nSPS) is 18.5. The SMILES string of the molecule is COc1cc(NC(C)CCCN2C(=O)[C@H](Cc3ccccc3)NC2(C)C)c2ncccc2c1. The summed E-state index contributed by atoms with van der Waals surface area (Å²) < 4.78 is 5.46. The minimum Gasteiger partial charge on any atom is -0.497 e. The van der Waals surface area contributed by atoms with Crippen LogP contribution >= 0.6 is 0 Å². The zero-order valence-corrected chi connectivity index (χ0v) is 20.0. The number of hydrogen-bond acceptors (Lipinski definition) is 5. The molecule has 1 aliphatic rings. The molecule has 0 aliphatic carbocycles. The van der Waals surface area contributed by atoms with Crippen molar-refractivity contribution in [2.24, 2.45) is 0 Å². The first kappa shape index (κ1) is 23.1. The molecule has 4 rings (SSSR count). The number of benzene rings is 2. The Labute approximate surface area is 196 Å². The number of pyridine rings is 1. The van der Waals surface area contributed by atoms with Crippen LogP contribution in [0.3, 0.4) is 0 Å². The van der Waals surface area contributed by atoms with E-state index in [1.807, 2.05) is 53.6 Å². The third-order valence-corrected chi connectivity index (χ3v) is 6.38. The molecule has 174 valence electrons. The minimum atomic E-state index is -0.347. The second kappa shape index (κ2) is 9.79. The molecule has 0 saturated carbocycles. The van der Waals surface area contributed by atoms with Crippen molar-refractivity contribution in [3.05, 3.63) is 66.4 Å². The highest BCUT2D eigenvalue weighted by molar-refractivity contribution is 5.92. The Morgan fingerprint density at radius 1 is 1.18 bits per heavy atom. The Balaban J connectivity index is 1.35. The fourth-order valence-corrected chi connectivity index (χ4v) is 4.69. The van der Waals surface area contributed by atoms with Crippen molar-refractivity contribution in [2.75, 3.05) is 19.0 Å². The molecule has 1 amide bonds. The van der Waals surface area contributed by atoms with Crippen molar-refractivity contribution >= 4 is 22.5 Å². The number of nitrogens with zero attached hydrogens (tertiary/aromatic N) is 2. The lowest BCUT2D eigenvalue weighted by Crippen LogP contribution is -2.47. The van der Waals surface area contributed by atoms with Crippen molar-refractivity contribution < 1.29 is 9.53 Å². The molecule has 2 heterocycles. The van der Waals surface area contributed by atoms with E-state index in [0.29, 0.717) is 6.42 Å². The maximum absolute atomic E-state index is 13.1. The van der Waals surface area contributed by atoms with Crippen LogP contribution in [0.25, 0.3) is 10.9 Å². The number of fused-ring (bicyclic) bond motifs is 1. The lowest BCUT2D eigenvalue weighted by Gasteiger charge is -2.31. The summed E-state index contributed by atoms with van der Waals surface area (Å²) in [7, 11) is 1.68. The molecule has 1 aliphatic heterocycles. The standard InChI is InChI=1S/C27H34N4O2/c1-19(29-23-18-22(33-4)17-21-13-8-14-28-25(21)23)10-9-15-31-26(32)24(30-27(31,2)3)16-20-11-6-5-7-12-20/h5-8,11-14,17-19,24,29-30H,9-10,15-16H2,1-4H3/t19?,24-/m0/s1. The monoisotopic (exact) mass is 446 g/mol. The number of ether oxygens (including phenoxy) is 1. The Kier molecular flexibility index (Phi) is 6.84. The van der Waals surface area contributed by atoms with Gasteiger partial charge >= 0.3 is 0 Å². The summed E-state index contributed by atoms with van der Waals surface area (Å²) in [5.41, 5.74) is 2.74. The fourth-order valence-electron chi connectivity index (χ4n) is 4.69. The molecule has 0 bridgehead atoms. The highest BCUT2D eigenvalue weighted by Gasteiger charge is 2.43. The molecular weight excluding hydrogens is 412 g/mol. The molecule has 0 radical (unpaired) electrons. The average molecular weight is 447 g/mol. The third-order valence-electron chi connectivity index (χ3n) is 6.38. The van der Waals surface area contributed by atoms with E-state index in [2.05, 4.69) is 48.5 Å². The van der Waals surface area contributed by atoms with Gasteiger partial charge in [-0.2, -0.15) is 0 Å². The molecule has 3 aromatic rings. The minimum absolute atomic E-state index is 0.174. The molecule has 6 heteroatoms. The topological polar surface area (TPSA) is 66.5 Å². The van der Waals surface area contributed by atoms with Gasteiger partial charge in [0.05, 0.1) is 30.0 Å². The summed E-state index contributed by atoms with van der Waals surface area (Å²) in [6.45, 7) is 7.08. The van der Waals surface area contributed by atoms with Crippen LogP contribution in [0, 0.1) is 0 Å². The summed E-state index contributed by atoms with van der Waals surface area (Å²) in [6.07, 6.45) is 4.38. The fraction of sp³-hybridized carbons (Fsp3) is 0.407. The van der Waals surface area contributed by atoms with Crippen LogP contribution in [0.2, 0.25) is 0 Å². The highest BCUT2D eigenvalue weighted by Crippen LogP contribution is 2.29. The van der Waals surface area contributed by atoms with Gasteiger partial charge in [-0.05, 0) is 57.7 Å². The molecule has 2 N–H and O–H groups in total. The van der Waals surface area contributed by atoms with E-state index in [0.717, 1.165) is 41.7 Å². The van der Waals surface area contributed by atoms with E-state index in [-0.39, 0.29) is 23.7 Å². The van der Waals surface area contributed by atoms with Gasteiger partial charge in [0.1, 0.15) is 5.75 Å². The molecule has 2 atom stereocenters. The number of nitrogens with one attached hydrogen (secondary N) is 2. The molecule has 1 saturated heterocycles. The molecule has 1 aromatic heterocycles. The number of aromatic nitrogens is 1. The van der Waals surface area contributed by atoms with Gasteiger partial charge in [-0.15, -0.1) is 0 Å². The molecule has 1 unspecified atom stereocenters. The first-order valence-electron chi connectivity index (χ1n) is 11.7. The van der Waals surface area contributed by atoms with Gasteiger partial charge in [-0.1, -0.05) is 36.4 Å². The number of carbonyl (C=O) groups is 1. The Hall–Kier alpha value is -3.12. The Morgan fingerprint density at radius 3 is 2.73 bits per heavy atom. The van der Waals surface area contributed by atoms with Crippen LogP contribution in [0.15, 0.2) is 60.8 Å². The molecule has 1 fully saturated rings. The van der Waals surface area contributed by atoms with E-state index < -0.39 is 0 Å². The van der Waals surface area contributed by atoms with E-state index in [4.69, 9.17) is 4.74 Å². The van der Waals surface area contributed by atoms with Gasteiger partial charge in [0.15, 0.2) is 0 Å². The lowest BCUT2D eigenvalue weighted by atomic mass is 10.1. The first-order valence-corrected chi connectivity index (χ1v) is 11.7. The van der Waals surface area contributed by atoms with Crippen molar-refractivity contribution in [2.45, 2.75) is 57.8 Å². The van der Waals surface area contributed by atoms with Gasteiger partial charge in [-0.25, -0.2) is 0 Å². The number of methoxy groups -OCH3 is 1. The van der Waals surface area contributed by atoms with Crippen LogP contribution in [0.1, 0.15) is 39.2 Å². The number of rotatable bonds is 9. The number of anilines is 1. The average Bonchev–Trinajstić information content (AvgIpc) is 3.02. The Bertz CT molecular complexity index is 1100. The number of amides is 1. The zero-order chi connectivity index (χ0) is 23.4. The molecule has 6 nitrogen and oxygen atoms in total. The van der Waals surface area contributed by atoms with E-state index in [1.54, 1.807) is 7.11 Å². The van der Waals surface area contributed by atoms with Crippen molar-refractivity contribution in [3.8, 4) is 5.75 Å². The van der Waals surface area contributed by atoms with Crippen LogP contribution in [0.4, 0.5) is 5.69 Å². The maximum Gasteiger partial charge on any atom is 0.241 e. The van der Waals surface area contributed by atoms with Gasteiger partial charge < -0.3 is 15.0 Å². The predicted octanol–water partition coefficient (Wildman–Crippen LogP) is 4.60. The van der Waals surface area contributed by atoms with E-state index in [9.17, 15) is 4.79 Å². The second-order valence-corrected chi connectivity index (χ2v) is 9.37. The van der Waals surface area contributed by atoms with Crippen LogP contribution in [-0.2, 0) is 11.2 Å². The van der Waals surface area contributed by atoms with Gasteiger partial charge in [0, 0.05) is 30.2 Å². The van der Waals surface area contributed by atoms with Gasteiger partial charge in [0.25, 0.3) is 0 Å². The number of carbonyl (C=O) groups excluding carboxylic acids is 1. The van der Waals surface area contributed by atoms with Crippen molar-refractivity contribution in [1.82, 2.24) is 15.2 Å². The quantitative estimate of drug-likeness (QED) is 0.503. The molecular formula is C27H34N4O2. The summed E-state index contributed by atoms with van der Waals surface area (Å²) >= 11 is 0. The van der Waals surface area contributed by atoms with Gasteiger partial charge in [0.2, 0.25) is 5.91 Å². The smallest absolute Gasteiger partial charge is 0.241 e. The summed E-state index contributed by atoms with van der Waals surface area (Å²) in [5.74, 6) is 0.998. The molecule has 2 aromatic carbocycles. The summed E-state index contributed by atoms with van der Waals surface area (Å²) in [4.78, 5) is 19.7. The third kappa shape index (κ3) is 5.28. The van der Waals surface area contributed by atoms with Crippen molar-refractivity contribution in [1.29, 1.82) is 0 Å². The van der Waals surface area contributed by atoms with Crippen molar-refractivity contribution in [3.63, 3.8) is 0 Å². The highest BCUT2D eigenvalue weighted by atomic mass is 16.5.